The Hall–Kier alpha value is -7.68. The number of benzene rings is 6. The van der Waals surface area contributed by atoms with Gasteiger partial charge in [0.25, 0.3) is 11.8 Å². The van der Waals surface area contributed by atoms with Crippen molar-refractivity contribution in [1.82, 2.24) is 9.13 Å². The number of nitrogens with one attached hydrogen (secondary N) is 2. The Morgan fingerprint density at radius 2 is 0.812 bits per heavy atom. The molecule has 4 atom stereocenters. The van der Waals surface area contributed by atoms with Crippen molar-refractivity contribution >= 4 is 72.9 Å². The molecule has 0 fully saturated rings. The van der Waals surface area contributed by atoms with Gasteiger partial charge < -0.3 is 63.5 Å². The first-order valence-electron chi connectivity index (χ1n) is 31.8. The van der Waals surface area contributed by atoms with E-state index in [0.717, 1.165) is 0 Å². The topological polar surface area (TPSA) is 264 Å². The molecule has 6 aromatic carbocycles. The van der Waals surface area contributed by atoms with Gasteiger partial charge in [-0.05, 0) is 157 Å². The number of aliphatic carboxylic acids is 2. The Morgan fingerprint density at radius 1 is 0.494 bits per heavy atom. The van der Waals surface area contributed by atoms with E-state index in [4.69, 9.17) is 23.9 Å². The van der Waals surface area contributed by atoms with Crippen molar-refractivity contribution in [1.29, 1.82) is 0 Å². The number of aliphatic hydroxyl groups excluding tert-OH is 4. The number of carboxylic acids is 2. The van der Waals surface area contributed by atoms with Crippen LogP contribution >= 0.6 is 0 Å². The molecular formula is C66H72CaF2N4O12. The van der Waals surface area contributed by atoms with Gasteiger partial charge in [0, 0.05) is 47.0 Å². The summed E-state index contributed by atoms with van der Waals surface area (Å²) in [5, 5.41) is 84.8. The van der Waals surface area contributed by atoms with E-state index in [9.17, 15) is 58.6 Å². The summed E-state index contributed by atoms with van der Waals surface area (Å²) in [4.78, 5) is 50.6. The second kappa shape index (κ2) is 30.9. The Morgan fingerprint density at radius 3 is 1.11 bits per heavy atom. The zero-order valence-corrected chi connectivity index (χ0v) is 49.1. The third-order valence-electron chi connectivity index (χ3n) is 13.4. The van der Waals surface area contributed by atoms with Crippen LogP contribution in [-0.2, 0) is 22.7 Å². The average molecular weight is 1200 g/mol. The minimum atomic E-state index is -1.32. The smallest absolute Gasteiger partial charge is 1.00 e. The minimum Gasteiger partial charge on any atom is -1.00 e. The molecule has 444 valence electrons. The maximum absolute atomic E-state index is 14.3. The van der Waals surface area contributed by atoms with Crippen molar-refractivity contribution in [2.45, 2.75) is 116 Å². The van der Waals surface area contributed by atoms with Crippen molar-refractivity contribution in [3.63, 3.8) is 0 Å². The summed E-state index contributed by atoms with van der Waals surface area (Å²) in [7, 11) is 0. The normalized spacial score (nSPS) is 14.2. The Bertz CT molecular complexity index is 3810. The average Bonchev–Trinajstić information content (AvgIpc) is 1.59. The van der Waals surface area contributed by atoms with E-state index < -0.39 is 145 Å². The van der Waals surface area contributed by atoms with Crippen LogP contribution in [0.4, 0.5) is 20.2 Å². The van der Waals surface area contributed by atoms with Gasteiger partial charge in [-0.25, -0.2) is 8.78 Å². The number of aromatic hydroxyl groups is 2. The van der Waals surface area contributed by atoms with E-state index in [1.807, 2.05) is 0 Å². The molecule has 2 amide bonds. The van der Waals surface area contributed by atoms with E-state index in [2.05, 4.69) is 10.6 Å². The Labute approximate surface area is 538 Å². The van der Waals surface area contributed by atoms with Crippen LogP contribution in [0.25, 0.3) is 44.8 Å². The molecule has 0 spiro atoms. The number of aliphatic hydroxyl groups is 4. The quantitative estimate of drug-likeness (QED) is 0.0200. The van der Waals surface area contributed by atoms with E-state index in [1.54, 1.807) is 36.8 Å². The molecular weight excluding hydrogens is 1120 g/mol. The minimum absolute atomic E-state index is 0. The van der Waals surface area contributed by atoms with E-state index in [-0.39, 0.29) is 136 Å². The number of rotatable bonds is 24. The van der Waals surface area contributed by atoms with Gasteiger partial charge >= 0.3 is 49.7 Å². The largest absolute Gasteiger partial charge is 2.00 e. The van der Waals surface area contributed by atoms with E-state index in [0.29, 0.717) is 33.9 Å². The summed E-state index contributed by atoms with van der Waals surface area (Å²) in [5.74, 6) is -5.91. The first-order chi connectivity index (χ1) is 44.2. The number of hydrogen-bond donors (Lipinski definition) is 10. The van der Waals surface area contributed by atoms with Crippen molar-refractivity contribution in [3.05, 3.63) is 192 Å². The third kappa shape index (κ3) is 17.7. The van der Waals surface area contributed by atoms with E-state index >= 15 is 0 Å². The van der Waals surface area contributed by atoms with Gasteiger partial charge in [-0.3, -0.25) is 19.2 Å². The van der Waals surface area contributed by atoms with Gasteiger partial charge in [0.05, 0.1) is 73.5 Å². The third-order valence-corrected chi connectivity index (χ3v) is 13.4. The number of phenolic OH excluding ortho intramolecular Hbond substituents is 2. The van der Waals surface area contributed by atoms with Crippen LogP contribution in [0.5, 0.6) is 11.5 Å². The molecule has 8 aromatic rings. The van der Waals surface area contributed by atoms with Crippen LogP contribution in [0, 0.1) is 11.6 Å². The van der Waals surface area contributed by atoms with Crippen molar-refractivity contribution in [2.24, 2.45) is 0 Å². The van der Waals surface area contributed by atoms with Gasteiger partial charge in [0.1, 0.15) is 23.1 Å². The predicted molar refractivity (Wildman–Crippen MR) is 326 cm³/mol. The predicted octanol–water partition coefficient (Wildman–Crippen LogP) is 11.9. The summed E-state index contributed by atoms with van der Waals surface area (Å²) in [6, 6.07) is 15.7. The van der Waals surface area contributed by atoms with Gasteiger partial charge in [-0.15, -0.1) is 0 Å². The number of carbonyl (C=O) groups is 4. The number of carbonyl (C=O) groups excluding carboxylic acids is 2. The maximum atomic E-state index is 14.3. The zero-order valence-electron chi connectivity index (χ0n) is 58.9. The van der Waals surface area contributed by atoms with Crippen molar-refractivity contribution < 1.29 is 85.4 Å². The number of anilines is 2. The van der Waals surface area contributed by atoms with E-state index in [1.165, 1.54) is 97.1 Å². The number of phenols is 2. The molecule has 0 aliphatic rings. The first-order valence-corrected chi connectivity index (χ1v) is 26.8. The van der Waals surface area contributed by atoms with Crippen LogP contribution in [-0.4, -0.2) is 136 Å². The van der Waals surface area contributed by atoms with Crippen molar-refractivity contribution in [3.8, 4) is 56.3 Å². The van der Waals surface area contributed by atoms with Crippen LogP contribution < -0.4 is 10.6 Å². The molecule has 0 saturated heterocycles. The molecule has 0 bridgehead atoms. The zero-order chi connectivity index (χ0) is 69.5. The number of carboxylic acid groups (broad SMARTS) is 2. The SMILES string of the molecule is [2H]c1c([2H])c([2H])c(-c2c(C(=O)Nc3ccc(O)cc3)c(C(C)C)n(CC[C@@H](O)C[C@@H](O)CC(=O)O)c2-c2ccc(F)cc2)c([2H])c1[2H].[2H]c1c([2H])c([2H])c(-c2c(C(=O)Nc3ccc(O)cc3)c(C(C)C)n(CC[C@@H](O)C[C@@H](O)CC(=O)O)c2-c2ccc(F)cc2)c([2H])c1[2H].[Ca+2].[H-].[H-]. The Balaban J connectivity index is 0.000000400. The standard InChI is InChI=1S/2C33H35FN2O6.Ca.2H/c2*1-20(2)31-30(33(42)35-24-12-14-25(37)15-13-24)29(21-6-4-3-5-7-21)32(22-8-10-23(34)11-9-22)36(31)17-16-26(38)18-27(39)19-28(40)41;;;/h2*3-15,20,26-27,37-39H,16-19H2,1-2H3,(H,35,42)(H,40,41);;;/q;;+2;2*-1/t2*26-,27-;;;/m11.../s1/i2*3D,4D,5D,6D,7D;;;. The molecule has 2 heterocycles. The van der Waals surface area contributed by atoms with Crippen LogP contribution in [0.15, 0.2) is 157 Å². The fourth-order valence-corrected chi connectivity index (χ4v) is 9.92. The monoisotopic (exact) mass is 1200 g/mol. The Kier molecular flexibility index (Phi) is 19.2. The number of halogens is 2. The summed E-state index contributed by atoms with van der Waals surface area (Å²) in [6.07, 6.45) is -6.68. The molecule has 0 radical (unpaired) electrons. The molecule has 0 aliphatic carbocycles. The number of amides is 2. The number of aromatic nitrogens is 2. The first kappa shape index (κ1) is 52.8. The fourth-order valence-electron chi connectivity index (χ4n) is 9.92. The van der Waals surface area contributed by atoms with Gasteiger partial charge in [0.2, 0.25) is 0 Å². The van der Waals surface area contributed by atoms with Crippen LogP contribution in [0.2, 0.25) is 0 Å². The summed E-state index contributed by atoms with van der Waals surface area (Å²) < 4.78 is 117. The molecule has 8 rings (SSSR count). The molecule has 85 heavy (non-hydrogen) atoms. The number of nitrogens with zero attached hydrogens (tertiary/aromatic N) is 2. The van der Waals surface area contributed by atoms with Gasteiger partial charge in [-0.1, -0.05) is 88.1 Å². The second-order valence-corrected chi connectivity index (χ2v) is 20.5. The van der Waals surface area contributed by atoms with Gasteiger partial charge in [0.15, 0.2) is 0 Å². The molecule has 0 saturated carbocycles. The summed E-state index contributed by atoms with van der Waals surface area (Å²) in [5.41, 5.74) is 1.92. The molecule has 0 aliphatic heterocycles. The van der Waals surface area contributed by atoms with Gasteiger partial charge in [-0.2, -0.15) is 0 Å². The fraction of sp³-hybridized carbons (Fsp3) is 0.273. The summed E-state index contributed by atoms with van der Waals surface area (Å²) >= 11 is 0. The van der Waals surface area contributed by atoms with Crippen LogP contribution in [0.3, 0.4) is 0 Å². The van der Waals surface area contributed by atoms with Crippen LogP contribution in [0.1, 0.15) is 127 Å². The molecule has 0 unspecified atom stereocenters. The van der Waals surface area contributed by atoms with Crippen molar-refractivity contribution in [2.75, 3.05) is 10.6 Å². The maximum Gasteiger partial charge on any atom is 2.00 e. The molecule has 2 aromatic heterocycles. The molecule has 10 N–H and O–H groups in total. The number of hydrogen-bond acceptors (Lipinski definition) is 10. The summed E-state index contributed by atoms with van der Waals surface area (Å²) in [6.45, 7) is 7.12. The molecule has 16 nitrogen and oxygen atoms in total. The second-order valence-electron chi connectivity index (χ2n) is 20.5. The molecule has 19 heteroatoms.